The molecule has 0 aliphatic carbocycles. The van der Waals surface area contributed by atoms with Gasteiger partial charge in [-0.15, -0.1) is 5.10 Å². The van der Waals surface area contributed by atoms with Crippen molar-refractivity contribution in [2.75, 3.05) is 7.11 Å². The maximum Gasteiger partial charge on any atom is 0.244 e. The van der Waals surface area contributed by atoms with E-state index in [4.69, 9.17) is 15.2 Å². The fourth-order valence-electron chi connectivity index (χ4n) is 2.64. The molecule has 6 nitrogen and oxygen atoms in total. The minimum Gasteiger partial charge on any atom is -0.420 e. The molecule has 0 bridgehead atoms. The number of hydrogen-bond donors (Lipinski definition) is 2. The first-order valence-electron chi connectivity index (χ1n) is 6.66. The minimum atomic E-state index is -1.06. The van der Waals surface area contributed by atoms with Gasteiger partial charge in [0.1, 0.15) is 23.3 Å². The molecule has 0 amide bonds. The van der Waals surface area contributed by atoms with Crippen LogP contribution >= 0.6 is 0 Å². The topological polar surface area (TPSA) is 97.0 Å². The molecule has 3 N–H and O–H groups in total. The third-order valence-electron chi connectivity index (χ3n) is 3.59. The monoisotopic (exact) mass is 318 g/mol. The lowest BCUT2D eigenvalue weighted by atomic mass is 9.83. The zero-order chi connectivity index (χ0) is 16.6. The van der Waals surface area contributed by atoms with Gasteiger partial charge >= 0.3 is 0 Å². The quantitative estimate of drug-likeness (QED) is 0.903. The molecule has 1 aromatic carbocycles. The number of aromatic amines is 1. The molecule has 1 aliphatic heterocycles. The van der Waals surface area contributed by atoms with Crippen molar-refractivity contribution in [3.05, 3.63) is 58.1 Å². The van der Waals surface area contributed by atoms with Gasteiger partial charge < -0.3 is 15.2 Å². The van der Waals surface area contributed by atoms with E-state index in [0.29, 0.717) is 11.3 Å². The summed E-state index contributed by atoms with van der Waals surface area (Å²) < 4.78 is 38.9. The molecule has 1 aliphatic rings. The zero-order valence-corrected chi connectivity index (χ0v) is 12.1. The van der Waals surface area contributed by atoms with Gasteiger partial charge in [0.25, 0.3) is 0 Å². The highest BCUT2D eigenvalue weighted by atomic mass is 19.1. The Balaban J connectivity index is 2.29. The maximum atomic E-state index is 14.3. The summed E-state index contributed by atoms with van der Waals surface area (Å²) in [5.41, 5.74) is 6.14. The lowest BCUT2D eigenvalue weighted by Crippen LogP contribution is -2.22. The molecule has 0 saturated carbocycles. The largest absolute Gasteiger partial charge is 0.420 e. The molecular weight excluding hydrogens is 306 g/mol. The SMILES string of the molecule is COCc1[nH]nc2c1[C@H](c1c(F)cccc1F)C(C#N)=C(N)O2. The predicted octanol–water partition coefficient (Wildman–Crippen LogP) is 2.05. The van der Waals surface area contributed by atoms with Crippen molar-refractivity contribution in [3.63, 3.8) is 0 Å². The number of nitrogens with one attached hydrogen (secondary N) is 1. The molecule has 118 valence electrons. The Kier molecular flexibility index (Phi) is 3.72. The van der Waals surface area contributed by atoms with Crippen molar-refractivity contribution in [2.45, 2.75) is 12.5 Å². The normalized spacial score (nSPS) is 16.7. The number of benzene rings is 1. The van der Waals surface area contributed by atoms with Gasteiger partial charge in [0.2, 0.25) is 11.8 Å². The van der Waals surface area contributed by atoms with Crippen LogP contribution in [0, 0.1) is 23.0 Å². The van der Waals surface area contributed by atoms with Gasteiger partial charge in [-0.2, -0.15) is 5.26 Å². The van der Waals surface area contributed by atoms with Gasteiger partial charge in [-0.05, 0) is 12.1 Å². The molecule has 0 radical (unpaired) electrons. The van der Waals surface area contributed by atoms with Gasteiger partial charge in [-0.25, -0.2) is 8.78 Å². The Morgan fingerprint density at radius 2 is 2.09 bits per heavy atom. The standard InChI is InChI=1S/C15H12F2N4O2/c1-22-6-10-13-11(12-8(16)3-2-4-9(12)17)7(5-18)14(19)23-15(13)21-20-10/h2-4,11H,6,19H2,1H3,(H,20,21)/t11-/m0/s1. The van der Waals surface area contributed by atoms with E-state index in [1.165, 1.54) is 13.2 Å². The van der Waals surface area contributed by atoms with Crippen LogP contribution in [0.4, 0.5) is 8.78 Å². The fourth-order valence-corrected chi connectivity index (χ4v) is 2.64. The number of nitriles is 1. The summed E-state index contributed by atoms with van der Waals surface area (Å²) >= 11 is 0. The van der Waals surface area contributed by atoms with Gasteiger partial charge in [-0.1, -0.05) is 6.07 Å². The van der Waals surface area contributed by atoms with Crippen LogP contribution in [0.2, 0.25) is 0 Å². The van der Waals surface area contributed by atoms with E-state index in [9.17, 15) is 14.0 Å². The molecule has 1 atom stereocenters. The van der Waals surface area contributed by atoms with Crippen molar-refractivity contribution in [1.29, 1.82) is 5.26 Å². The Hall–Kier alpha value is -2.92. The van der Waals surface area contributed by atoms with Crippen LogP contribution in [0.5, 0.6) is 5.88 Å². The number of nitrogens with zero attached hydrogens (tertiary/aromatic N) is 2. The lowest BCUT2D eigenvalue weighted by molar-refractivity contribution is 0.180. The molecule has 0 spiro atoms. The van der Waals surface area contributed by atoms with Crippen LogP contribution in [0.15, 0.2) is 29.7 Å². The second-order valence-electron chi connectivity index (χ2n) is 4.91. The van der Waals surface area contributed by atoms with E-state index in [0.717, 1.165) is 12.1 Å². The van der Waals surface area contributed by atoms with Crippen LogP contribution in [-0.2, 0) is 11.3 Å². The number of H-pyrrole nitrogens is 1. The third-order valence-corrected chi connectivity index (χ3v) is 3.59. The number of hydrogen-bond acceptors (Lipinski definition) is 5. The van der Waals surface area contributed by atoms with E-state index < -0.39 is 17.6 Å². The molecule has 0 fully saturated rings. The van der Waals surface area contributed by atoms with Crippen LogP contribution in [-0.4, -0.2) is 17.3 Å². The van der Waals surface area contributed by atoms with Crippen LogP contribution in [0.3, 0.4) is 0 Å². The molecule has 8 heteroatoms. The molecule has 23 heavy (non-hydrogen) atoms. The minimum absolute atomic E-state index is 0.0706. The van der Waals surface area contributed by atoms with E-state index >= 15 is 0 Å². The third kappa shape index (κ3) is 2.31. The highest BCUT2D eigenvalue weighted by Crippen LogP contribution is 2.44. The van der Waals surface area contributed by atoms with E-state index in [1.54, 1.807) is 0 Å². The molecule has 2 heterocycles. The molecule has 0 unspecified atom stereocenters. The average molecular weight is 318 g/mol. The van der Waals surface area contributed by atoms with Crippen molar-refractivity contribution >= 4 is 0 Å². The van der Waals surface area contributed by atoms with Crippen molar-refractivity contribution < 1.29 is 18.3 Å². The van der Waals surface area contributed by atoms with E-state index in [-0.39, 0.29) is 29.5 Å². The summed E-state index contributed by atoms with van der Waals surface area (Å²) in [5, 5.41) is 16.0. The zero-order valence-electron chi connectivity index (χ0n) is 12.1. The molecular formula is C15H12F2N4O2. The van der Waals surface area contributed by atoms with Crippen LogP contribution in [0.1, 0.15) is 22.7 Å². The summed E-state index contributed by atoms with van der Waals surface area (Å²) in [6, 6.07) is 5.36. The lowest BCUT2D eigenvalue weighted by Gasteiger charge is -2.24. The van der Waals surface area contributed by atoms with Crippen molar-refractivity contribution in [2.24, 2.45) is 5.73 Å². The number of halogens is 2. The summed E-state index contributed by atoms with van der Waals surface area (Å²) in [7, 11) is 1.46. The molecule has 0 saturated heterocycles. The summed E-state index contributed by atoms with van der Waals surface area (Å²) in [6.07, 6.45) is 0. The Bertz CT molecular complexity index is 818. The number of fused-ring (bicyclic) bond motifs is 1. The number of nitrogens with two attached hydrogens (primary N) is 1. The number of allylic oxidation sites excluding steroid dienone is 1. The van der Waals surface area contributed by atoms with Crippen LogP contribution in [0.25, 0.3) is 0 Å². The Morgan fingerprint density at radius 3 is 2.70 bits per heavy atom. The van der Waals surface area contributed by atoms with Gasteiger partial charge in [0.05, 0.1) is 23.8 Å². The van der Waals surface area contributed by atoms with Gasteiger partial charge in [0, 0.05) is 12.7 Å². The van der Waals surface area contributed by atoms with Crippen LogP contribution < -0.4 is 10.5 Å². The first-order valence-corrected chi connectivity index (χ1v) is 6.66. The van der Waals surface area contributed by atoms with Gasteiger partial charge in [-0.3, -0.25) is 5.10 Å². The number of rotatable bonds is 3. The summed E-state index contributed by atoms with van der Waals surface area (Å²) in [5.74, 6) is -2.79. The molecule has 2 aromatic rings. The molecule has 1 aromatic heterocycles. The highest BCUT2D eigenvalue weighted by Gasteiger charge is 2.38. The second-order valence-corrected chi connectivity index (χ2v) is 4.91. The smallest absolute Gasteiger partial charge is 0.244 e. The number of methoxy groups -OCH3 is 1. The van der Waals surface area contributed by atoms with Gasteiger partial charge in [0.15, 0.2) is 0 Å². The first kappa shape index (κ1) is 15.0. The predicted molar refractivity (Wildman–Crippen MR) is 75.0 cm³/mol. The second kappa shape index (κ2) is 5.70. The van der Waals surface area contributed by atoms with Crippen molar-refractivity contribution in [1.82, 2.24) is 10.2 Å². The Labute approximate surface area is 130 Å². The Morgan fingerprint density at radius 1 is 1.39 bits per heavy atom. The highest BCUT2D eigenvalue weighted by molar-refractivity contribution is 5.55. The fraction of sp³-hybridized carbons (Fsp3) is 0.200. The summed E-state index contributed by atoms with van der Waals surface area (Å²) in [6.45, 7) is 0.108. The summed E-state index contributed by atoms with van der Waals surface area (Å²) in [4.78, 5) is 0. The average Bonchev–Trinajstić information content (AvgIpc) is 2.90. The number of ether oxygens (including phenoxy) is 2. The first-order chi connectivity index (χ1) is 11.1. The maximum absolute atomic E-state index is 14.3. The van der Waals surface area contributed by atoms with Crippen molar-refractivity contribution in [3.8, 4) is 11.9 Å². The number of aromatic nitrogens is 2. The van der Waals surface area contributed by atoms with E-state index in [2.05, 4.69) is 10.2 Å². The molecule has 3 rings (SSSR count). The van der Waals surface area contributed by atoms with E-state index in [1.807, 2.05) is 6.07 Å².